The number of rotatable bonds is 8. The lowest BCUT2D eigenvalue weighted by Gasteiger charge is -2.28. The number of carbonyl (C=O) groups is 1. The highest BCUT2D eigenvalue weighted by Gasteiger charge is 2.20. The smallest absolute Gasteiger partial charge is 0.221 e. The van der Waals surface area contributed by atoms with Crippen LogP contribution in [0.3, 0.4) is 0 Å². The monoisotopic (exact) mass is 334 g/mol. The average Bonchev–Trinajstić information content (AvgIpc) is 3.03. The Kier molecular flexibility index (Phi) is 5.64. The number of hydrogen-bond acceptors (Lipinski definition) is 4. The zero-order chi connectivity index (χ0) is 17.9. The number of fused-ring (bicyclic) bond motifs is 1. The number of amides is 1. The minimum atomic E-state index is 0.0526. The second-order valence-corrected chi connectivity index (χ2v) is 7.43. The van der Waals surface area contributed by atoms with Crippen LogP contribution in [0.15, 0.2) is 6.20 Å². The van der Waals surface area contributed by atoms with Crippen LogP contribution < -0.4 is 5.32 Å². The molecule has 0 saturated heterocycles. The predicted octanol–water partition coefficient (Wildman–Crippen LogP) is 1.66. The van der Waals surface area contributed by atoms with E-state index in [0.29, 0.717) is 19.5 Å². The van der Waals surface area contributed by atoms with Crippen molar-refractivity contribution in [2.45, 2.75) is 47.2 Å². The van der Waals surface area contributed by atoms with Crippen molar-refractivity contribution < 1.29 is 4.79 Å². The van der Waals surface area contributed by atoms with Gasteiger partial charge in [-0.3, -0.25) is 14.2 Å². The van der Waals surface area contributed by atoms with Crippen LogP contribution in [0.1, 0.15) is 32.9 Å². The molecule has 0 aliphatic heterocycles. The van der Waals surface area contributed by atoms with E-state index in [0.717, 1.165) is 29.8 Å². The molecule has 2 aromatic rings. The molecule has 0 fully saturated rings. The molecule has 0 aromatic carbocycles. The van der Waals surface area contributed by atoms with E-state index in [2.05, 4.69) is 41.2 Å². The Balaban J connectivity index is 1.92. The van der Waals surface area contributed by atoms with Crippen LogP contribution in [0, 0.1) is 12.3 Å². The predicted molar refractivity (Wildman–Crippen MR) is 95.9 cm³/mol. The molecule has 0 aliphatic carbocycles. The first-order valence-corrected chi connectivity index (χ1v) is 8.54. The number of aryl methyl sites for hydroxylation is 3. The summed E-state index contributed by atoms with van der Waals surface area (Å²) in [5.74, 6) is 0.0611. The molecular formula is C17H30N6O. The number of hydrogen-bond donors (Lipinski definition) is 1. The largest absolute Gasteiger partial charge is 0.355 e. The molecule has 0 spiro atoms. The minimum Gasteiger partial charge on any atom is -0.355 e. The summed E-state index contributed by atoms with van der Waals surface area (Å²) in [6.45, 7) is 11.4. The Labute approximate surface area is 144 Å². The highest BCUT2D eigenvalue weighted by molar-refractivity contribution is 5.78. The van der Waals surface area contributed by atoms with Gasteiger partial charge in [0.25, 0.3) is 0 Å². The molecule has 7 nitrogen and oxygen atoms in total. The second kappa shape index (κ2) is 7.34. The van der Waals surface area contributed by atoms with Gasteiger partial charge in [0.2, 0.25) is 5.91 Å². The van der Waals surface area contributed by atoms with E-state index >= 15 is 0 Å². The van der Waals surface area contributed by atoms with E-state index in [1.165, 1.54) is 0 Å². The Morgan fingerprint density at radius 2 is 2.04 bits per heavy atom. The van der Waals surface area contributed by atoms with E-state index in [4.69, 9.17) is 0 Å². The number of aromatic nitrogens is 4. The maximum absolute atomic E-state index is 12.2. The summed E-state index contributed by atoms with van der Waals surface area (Å²) in [5.41, 5.74) is 3.06. The van der Waals surface area contributed by atoms with Gasteiger partial charge in [-0.15, -0.1) is 0 Å². The average molecular weight is 334 g/mol. The van der Waals surface area contributed by atoms with Crippen molar-refractivity contribution in [1.82, 2.24) is 29.8 Å². The molecule has 7 heteroatoms. The topological polar surface area (TPSA) is 68.0 Å². The summed E-state index contributed by atoms with van der Waals surface area (Å²) in [7, 11) is 4.09. The van der Waals surface area contributed by atoms with Gasteiger partial charge in [-0.1, -0.05) is 13.8 Å². The van der Waals surface area contributed by atoms with Gasteiger partial charge in [0.05, 0.1) is 18.4 Å². The lowest BCUT2D eigenvalue weighted by Crippen LogP contribution is -2.40. The highest BCUT2D eigenvalue weighted by Crippen LogP contribution is 2.18. The summed E-state index contributed by atoms with van der Waals surface area (Å²) in [6, 6.07) is 0. The summed E-state index contributed by atoms with van der Waals surface area (Å²) >= 11 is 0. The van der Waals surface area contributed by atoms with Gasteiger partial charge in [0, 0.05) is 26.1 Å². The van der Waals surface area contributed by atoms with Crippen LogP contribution in [0.25, 0.3) is 11.0 Å². The van der Waals surface area contributed by atoms with Gasteiger partial charge in [-0.05, 0) is 33.4 Å². The Hall–Kier alpha value is -1.89. The van der Waals surface area contributed by atoms with Gasteiger partial charge in [-0.2, -0.15) is 10.2 Å². The maximum atomic E-state index is 12.2. The number of nitrogens with zero attached hydrogens (tertiary/aromatic N) is 5. The molecule has 0 atom stereocenters. The molecule has 2 aromatic heterocycles. The Bertz CT molecular complexity index is 697. The SMILES string of the molecule is CCn1nc(C)c2c1cnn2CCC(=O)NCC(C)(C)CN(C)C. The number of nitrogens with one attached hydrogen (secondary N) is 1. The molecule has 2 rings (SSSR count). The molecule has 0 unspecified atom stereocenters. The van der Waals surface area contributed by atoms with E-state index in [1.54, 1.807) is 0 Å². The molecule has 2 heterocycles. The van der Waals surface area contributed by atoms with E-state index in [9.17, 15) is 4.79 Å². The second-order valence-electron chi connectivity index (χ2n) is 7.43. The van der Waals surface area contributed by atoms with Gasteiger partial charge in [0.15, 0.2) is 0 Å². The fourth-order valence-corrected chi connectivity index (χ4v) is 3.18. The van der Waals surface area contributed by atoms with Crippen LogP contribution in [0.2, 0.25) is 0 Å². The summed E-state index contributed by atoms with van der Waals surface area (Å²) < 4.78 is 3.83. The van der Waals surface area contributed by atoms with Crippen molar-refractivity contribution in [3.63, 3.8) is 0 Å². The van der Waals surface area contributed by atoms with E-state index in [-0.39, 0.29) is 11.3 Å². The first-order chi connectivity index (χ1) is 11.2. The van der Waals surface area contributed by atoms with Crippen LogP contribution in [-0.4, -0.2) is 57.6 Å². The van der Waals surface area contributed by atoms with Crippen molar-refractivity contribution in [3.05, 3.63) is 11.9 Å². The van der Waals surface area contributed by atoms with Gasteiger partial charge >= 0.3 is 0 Å². The van der Waals surface area contributed by atoms with Crippen molar-refractivity contribution >= 4 is 16.9 Å². The molecule has 0 bridgehead atoms. The first kappa shape index (κ1) is 18.4. The van der Waals surface area contributed by atoms with Gasteiger partial charge in [-0.25, -0.2) is 0 Å². The fourth-order valence-electron chi connectivity index (χ4n) is 3.18. The molecule has 0 radical (unpaired) electrons. The zero-order valence-corrected chi connectivity index (χ0v) is 15.8. The molecule has 24 heavy (non-hydrogen) atoms. The molecule has 1 amide bonds. The third-order valence-electron chi connectivity index (χ3n) is 4.07. The molecular weight excluding hydrogens is 304 g/mol. The Morgan fingerprint density at radius 3 is 2.67 bits per heavy atom. The quantitative estimate of drug-likeness (QED) is 0.797. The molecule has 0 aliphatic rings. The van der Waals surface area contributed by atoms with Crippen molar-refractivity contribution in [2.75, 3.05) is 27.2 Å². The first-order valence-electron chi connectivity index (χ1n) is 8.54. The van der Waals surface area contributed by atoms with Gasteiger partial charge < -0.3 is 10.2 Å². The standard InChI is InChI=1S/C17H30N6O/c1-7-22-14-10-19-23(16(14)13(2)20-22)9-8-15(24)18-11-17(3,4)12-21(5)6/h10H,7-9,11-12H2,1-6H3,(H,18,24). The van der Waals surface area contributed by atoms with Crippen LogP contribution >= 0.6 is 0 Å². The lowest BCUT2D eigenvalue weighted by molar-refractivity contribution is -0.121. The third-order valence-corrected chi connectivity index (χ3v) is 4.07. The molecule has 0 saturated carbocycles. The number of carbonyl (C=O) groups excluding carboxylic acids is 1. The Morgan fingerprint density at radius 1 is 1.33 bits per heavy atom. The third kappa shape index (κ3) is 4.35. The summed E-state index contributed by atoms with van der Waals surface area (Å²) in [5, 5.41) is 12.0. The van der Waals surface area contributed by atoms with Crippen molar-refractivity contribution in [1.29, 1.82) is 0 Å². The van der Waals surface area contributed by atoms with Crippen LogP contribution in [0.4, 0.5) is 0 Å². The summed E-state index contributed by atoms with van der Waals surface area (Å²) in [4.78, 5) is 14.3. The van der Waals surface area contributed by atoms with Crippen molar-refractivity contribution in [3.8, 4) is 0 Å². The normalized spacial score (nSPS) is 12.3. The zero-order valence-electron chi connectivity index (χ0n) is 15.8. The van der Waals surface area contributed by atoms with Crippen LogP contribution in [0.5, 0.6) is 0 Å². The fraction of sp³-hybridized carbons (Fsp3) is 0.706. The van der Waals surface area contributed by atoms with Crippen molar-refractivity contribution in [2.24, 2.45) is 5.41 Å². The van der Waals surface area contributed by atoms with E-state index in [1.807, 2.05) is 36.6 Å². The van der Waals surface area contributed by atoms with Gasteiger partial charge in [0.1, 0.15) is 11.0 Å². The lowest BCUT2D eigenvalue weighted by atomic mass is 9.93. The molecule has 1 N–H and O–H groups in total. The summed E-state index contributed by atoms with van der Waals surface area (Å²) in [6.07, 6.45) is 2.25. The highest BCUT2D eigenvalue weighted by atomic mass is 16.1. The van der Waals surface area contributed by atoms with Crippen LogP contribution in [-0.2, 0) is 17.9 Å². The molecule has 134 valence electrons. The maximum Gasteiger partial charge on any atom is 0.221 e. The minimum absolute atomic E-state index is 0.0526. The van der Waals surface area contributed by atoms with E-state index < -0.39 is 0 Å².